The zero-order chi connectivity index (χ0) is 22.1. The molecule has 1 aliphatic heterocycles. The maximum Gasteiger partial charge on any atom is 0.269 e. The summed E-state index contributed by atoms with van der Waals surface area (Å²) in [4.78, 5) is 26.1. The Labute approximate surface area is 172 Å². The van der Waals surface area contributed by atoms with E-state index in [1.807, 2.05) is 0 Å². The number of nitro groups is 1. The van der Waals surface area contributed by atoms with Crippen molar-refractivity contribution in [3.63, 3.8) is 0 Å². The minimum atomic E-state index is -1.05. The molecule has 0 saturated carbocycles. The molecule has 9 nitrogen and oxygen atoms in total. The van der Waals surface area contributed by atoms with Gasteiger partial charge in [0.05, 0.1) is 22.6 Å². The number of hydrogen-bond donors (Lipinski definition) is 2. The fraction of sp³-hybridized carbons (Fsp3) is 0.286. The summed E-state index contributed by atoms with van der Waals surface area (Å²) < 4.78 is 5.89. The first-order valence-electron chi connectivity index (χ1n) is 9.14. The van der Waals surface area contributed by atoms with Gasteiger partial charge in [0.1, 0.15) is 23.3 Å². The molecule has 0 aliphatic carbocycles. The van der Waals surface area contributed by atoms with Gasteiger partial charge in [-0.25, -0.2) is 0 Å². The van der Waals surface area contributed by atoms with Crippen LogP contribution in [0.4, 0.5) is 5.69 Å². The predicted molar refractivity (Wildman–Crippen MR) is 108 cm³/mol. The summed E-state index contributed by atoms with van der Waals surface area (Å²) in [6.07, 6.45) is -1.05. The predicted octanol–water partition coefficient (Wildman–Crippen LogP) is 2.62. The van der Waals surface area contributed by atoms with Crippen LogP contribution in [0.25, 0.3) is 0 Å². The van der Waals surface area contributed by atoms with Crippen molar-refractivity contribution >= 4 is 17.4 Å². The van der Waals surface area contributed by atoms with Gasteiger partial charge in [-0.1, -0.05) is 0 Å². The van der Waals surface area contributed by atoms with E-state index in [4.69, 9.17) is 4.74 Å². The average Bonchev–Trinajstić information content (AvgIpc) is 2.70. The smallest absolute Gasteiger partial charge is 0.269 e. The molecule has 154 valence electrons. The number of rotatable bonds is 3. The maximum atomic E-state index is 11.7. The van der Waals surface area contributed by atoms with Gasteiger partial charge in [-0.15, -0.1) is 0 Å². The van der Waals surface area contributed by atoms with Gasteiger partial charge in [0.2, 0.25) is 5.91 Å². The van der Waals surface area contributed by atoms with Crippen LogP contribution in [-0.4, -0.2) is 33.5 Å². The van der Waals surface area contributed by atoms with Crippen molar-refractivity contribution in [3.8, 4) is 11.8 Å². The Morgan fingerprint density at radius 3 is 2.53 bits per heavy atom. The number of ether oxygens (including phenoxy) is 1. The van der Waals surface area contributed by atoms with Gasteiger partial charge in [0, 0.05) is 30.2 Å². The van der Waals surface area contributed by atoms with Crippen LogP contribution in [0, 0.1) is 21.4 Å². The highest BCUT2D eigenvalue weighted by atomic mass is 16.6. The first-order chi connectivity index (χ1) is 14.1. The zero-order valence-corrected chi connectivity index (χ0v) is 16.6. The number of non-ortho nitro benzene ring substituents is 1. The summed E-state index contributed by atoms with van der Waals surface area (Å²) in [6.45, 7) is 4.72. The van der Waals surface area contributed by atoms with E-state index in [-0.39, 0.29) is 11.5 Å². The molecule has 0 radical (unpaired) electrons. The van der Waals surface area contributed by atoms with Crippen molar-refractivity contribution in [1.82, 2.24) is 5.32 Å². The number of nitriles is 1. The van der Waals surface area contributed by atoms with Crippen molar-refractivity contribution in [2.75, 3.05) is 0 Å². The molecular weight excluding hydrogens is 388 g/mol. The second-order valence-electron chi connectivity index (χ2n) is 7.42. The number of aliphatic hydroxyl groups is 1. The van der Waals surface area contributed by atoms with Crippen molar-refractivity contribution in [3.05, 3.63) is 69.3 Å². The van der Waals surface area contributed by atoms with Crippen LogP contribution in [0.15, 0.2) is 47.5 Å². The number of carbonyl (C=O) groups excluding carboxylic acids is 1. The average molecular weight is 408 g/mol. The summed E-state index contributed by atoms with van der Waals surface area (Å²) in [5.41, 5.74) is 0.299. The number of nitrogens with one attached hydrogen (secondary N) is 1. The third-order valence-electron chi connectivity index (χ3n) is 4.79. The molecule has 1 heterocycles. The molecule has 3 rings (SSSR count). The van der Waals surface area contributed by atoms with E-state index < -0.39 is 28.6 Å². The van der Waals surface area contributed by atoms with Gasteiger partial charge in [-0.3, -0.25) is 14.9 Å². The van der Waals surface area contributed by atoms with Crippen LogP contribution >= 0.6 is 0 Å². The molecule has 9 heteroatoms. The van der Waals surface area contributed by atoms with Crippen LogP contribution in [0.5, 0.6) is 5.75 Å². The lowest BCUT2D eigenvalue weighted by Crippen LogP contribution is -2.53. The van der Waals surface area contributed by atoms with Gasteiger partial charge in [-0.2, -0.15) is 10.3 Å². The van der Waals surface area contributed by atoms with E-state index in [9.17, 15) is 25.3 Å². The van der Waals surface area contributed by atoms with Gasteiger partial charge < -0.3 is 15.2 Å². The zero-order valence-electron chi connectivity index (χ0n) is 16.6. The van der Waals surface area contributed by atoms with E-state index in [1.54, 1.807) is 32.0 Å². The summed E-state index contributed by atoms with van der Waals surface area (Å²) >= 11 is 0. The number of nitrogens with zero attached hydrogens (tertiary/aromatic N) is 3. The van der Waals surface area contributed by atoms with Crippen LogP contribution in [0.1, 0.15) is 43.5 Å². The molecule has 0 aromatic heterocycles. The molecule has 1 aliphatic rings. The molecular formula is C21H20N4O5. The molecule has 2 N–H and O–H groups in total. The molecule has 0 fully saturated rings. The fourth-order valence-electron chi connectivity index (χ4n) is 3.25. The molecule has 0 spiro atoms. The van der Waals surface area contributed by atoms with E-state index in [0.717, 1.165) is 0 Å². The Hall–Kier alpha value is -3.77. The topological polar surface area (TPSA) is 138 Å². The van der Waals surface area contributed by atoms with Gasteiger partial charge in [0.25, 0.3) is 5.69 Å². The lowest BCUT2D eigenvalue weighted by Gasteiger charge is -2.42. The van der Waals surface area contributed by atoms with E-state index in [1.165, 1.54) is 31.2 Å². The number of hydrogen-bond acceptors (Lipinski definition) is 6. The molecule has 0 bridgehead atoms. The van der Waals surface area contributed by atoms with Crippen molar-refractivity contribution < 1.29 is 19.6 Å². The first kappa shape index (κ1) is 21.0. The number of nitro benzene ring substituents is 1. The van der Waals surface area contributed by atoms with Gasteiger partial charge >= 0.3 is 0 Å². The first-order valence-corrected chi connectivity index (χ1v) is 9.14. The summed E-state index contributed by atoms with van der Waals surface area (Å²) in [7, 11) is 0. The Balaban J connectivity index is 2.06. The minimum absolute atomic E-state index is 0.0998. The third-order valence-corrected chi connectivity index (χ3v) is 4.79. The second-order valence-corrected chi connectivity index (χ2v) is 7.42. The van der Waals surface area contributed by atoms with Crippen LogP contribution in [0.3, 0.4) is 0 Å². The molecule has 2 aromatic rings. The second kappa shape index (κ2) is 7.93. The highest BCUT2D eigenvalue weighted by molar-refractivity contribution is 6.05. The van der Waals surface area contributed by atoms with E-state index in [0.29, 0.717) is 22.4 Å². The van der Waals surface area contributed by atoms with Crippen LogP contribution < -0.4 is 10.1 Å². The largest absolute Gasteiger partial charge is 0.485 e. The Morgan fingerprint density at radius 2 is 1.97 bits per heavy atom. The van der Waals surface area contributed by atoms with Crippen molar-refractivity contribution in [2.45, 2.75) is 38.5 Å². The number of amides is 1. The minimum Gasteiger partial charge on any atom is -0.485 e. The molecule has 2 aromatic carbocycles. The Kier molecular flexibility index (Phi) is 5.54. The number of amidine groups is 1. The summed E-state index contributed by atoms with van der Waals surface area (Å²) in [6, 6.07) is 11.7. The van der Waals surface area contributed by atoms with Crippen molar-refractivity contribution in [2.24, 2.45) is 4.99 Å². The lowest BCUT2D eigenvalue weighted by atomic mass is 9.85. The lowest BCUT2D eigenvalue weighted by molar-refractivity contribution is -0.384. The maximum absolute atomic E-state index is 11.7. The Morgan fingerprint density at radius 1 is 1.30 bits per heavy atom. The van der Waals surface area contributed by atoms with Gasteiger partial charge in [-0.05, 0) is 44.2 Å². The molecule has 30 heavy (non-hydrogen) atoms. The summed E-state index contributed by atoms with van der Waals surface area (Å²) in [5, 5.41) is 34.2. The highest BCUT2D eigenvalue weighted by Gasteiger charge is 2.43. The molecule has 2 atom stereocenters. The highest BCUT2D eigenvalue weighted by Crippen LogP contribution is 2.40. The number of aliphatic imine (C=N–C) groups is 1. The SMILES string of the molecule is CC(=O)N=C(N[C@H]1c2cc(C#N)ccc2OC(C)(C)[C@@H]1O)c1ccc([N+](=O)[O-])cc1. The normalized spacial score (nSPS) is 19.8. The summed E-state index contributed by atoms with van der Waals surface area (Å²) in [5.74, 6) is 0.155. The van der Waals surface area contributed by atoms with Crippen LogP contribution in [-0.2, 0) is 4.79 Å². The standard InChI is InChI=1S/C21H20N4O5/c1-12(26)23-20(14-5-7-15(8-6-14)25(28)29)24-18-16-10-13(11-22)4-9-17(16)30-21(2,3)19(18)27/h4-10,18-19,27H,1-3H3,(H,23,24,26)/t18-,19+/m0/s1. The number of carbonyl (C=O) groups is 1. The van der Waals surface area contributed by atoms with Crippen LogP contribution in [0.2, 0.25) is 0 Å². The molecule has 1 amide bonds. The number of fused-ring (bicyclic) bond motifs is 1. The van der Waals surface area contributed by atoms with E-state index in [2.05, 4.69) is 16.4 Å². The number of aliphatic hydroxyl groups excluding tert-OH is 1. The van der Waals surface area contributed by atoms with E-state index >= 15 is 0 Å². The third kappa shape index (κ3) is 4.14. The fourth-order valence-corrected chi connectivity index (χ4v) is 3.25. The van der Waals surface area contributed by atoms with Crippen molar-refractivity contribution in [1.29, 1.82) is 5.26 Å². The quantitative estimate of drug-likeness (QED) is 0.344. The molecule has 0 unspecified atom stereocenters. The number of benzene rings is 2. The molecule has 0 saturated heterocycles. The monoisotopic (exact) mass is 408 g/mol. The van der Waals surface area contributed by atoms with Gasteiger partial charge in [0.15, 0.2) is 0 Å². The Bertz CT molecular complexity index is 1070.